The first-order chi connectivity index (χ1) is 14.0. The van der Waals surface area contributed by atoms with Gasteiger partial charge in [-0.25, -0.2) is 4.98 Å². The molecule has 1 spiro atoms. The third-order valence-electron chi connectivity index (χ3n) is 5.93. The zero-order valence-electron chi connectivity index (χ0n) is 17.0. The molecule has 0 unspecified atom stereocenters. The van der Waals surface area contributed by atoms with Crippen LogP contribution >= 0.6 is 0 Å². The van der Waals surface area contributed by atoms with Crippen molar-refractivity contribution in [3.05, 3.63) is 58.3 Å². The molecule has 1 aromatic carbocycles. The SMILES string of the molecule is COc1ccc(C#Cc2ccc3c(c2)C2(CC2)CN(CCCC(=O)O)C3)c(C)n1. The second-order valence-corrected chi connectivity index (χ2v) is 8.10. The van der Waals surface area contributed by atoms with E-state index in [9.17, 15) is 4.79 Å². The fraction of sp³-hybridized carbons (Fsp3) is 0.417. The number of pyridine rings is 1. The highest BCUT2D eigenvalue weighted by Gasteiger charge is 2.48. The van der Waals surface area contributed by atoms with Crippen LogP contribution in [-0.4, -0.2) is 41.2 Å². The minimum absolute atomic E-state index is 0.241. The van der Waals surface area contributed by atoms with E-state index in [-0.39, 0.29) is 11.8 Å². The molecule has 1 N–H and O–H groups in total. The van der Waals surface area contributed by atoms with Gasteiger partial charge >= 0.3 is 5.97 Å². The molecule has 0 atom stereocenters. The summed E-state index contributed by atoms with van der Waals surface area (Å²) in [4.78, 5) is 17.6. The van der Waals surface area contributed by atoms with Crippen molar-refractivity contribution in [3.8, 4) is 17.7 Å². The Morgan fingerprint density at radius 1 is 1.28 bits per heavy atom. The number of benzene rings is 1. The number of carbonyl (C=O) groups is 1. The number of fused-ring (bicyclic) bond motifs is 2. The van der Waals surface area contributed by atoms with Gasteiger partial charge < -0.3 is 9.84 Å². The minimum atomic E-state index is -0.714. The fourth-order valence-corrected chi connectivity index (χ4v) is 4.21. The van der Waals surface area contributed by atoms with Crippen LogP contribution < -0.4 is 4.74 Å². The maximum Gasteiger partial charge on any atom is 0.303 e. The second kappa shape index (κ2) is 7.88. The van der Waals surface area contributed by atoms with Gasteiger partial charge in [-0.2, -0.15) is 0 Å². The van der Waals surface area contributed by atoms with Crippen LogP contribution in [0.5, 0.6) is 5.88 Å². The van der Waals surface area contributed by atoms with E-state index >= 15 is 0 Å². The quantitative estimate of drug-likeness (QED) is 0.792. The van der Waals surface area contributed by atoms with Crippen molar-refractivity contribution < 1.29 is 14.6 Å². The van der Waals surface area contributed by atoms with Gasteiger partial charge in [-0.15, -0.1) is 0 Å². The van der Waals surface area contributed by atoms with Crippen LogP contribution in [0.4, 0.5) is 0 Å². The fourth-order valence-electron chi connectivity index (χ4n) is 4.21. The van der Waals surface area contributed by atoms with Gasteiger partial charge in [0.05, 0.1) is 12.8 Å². The van der Waals surface area contributed by atoms with Gasteiger partial charge in [0.25, 0.3) is 0 Å². The van der Waals surface area contributed by atoms with E-state index in [0.717, 1.165) is 36.5 Å². The van der Waals surface area contributed by atoms with Crippen LogP contribution in [-0.2, 0) is 16.8 Å². The molecular weight excluding hydrogens is 364 g/mol. The lowest BCUT2D eigenvalue weighted by Crippen LogP contribution is -2.38. The number of aryl methyl sites for hydroxylation is 1. The first-order valence-corrected chi connectivity index (χ1v) is 10.1. The summed E-state index contributed by atoms with van der Waals surface area (Å²) in [7, 11) is 1.61. The van der Waals surface area contributed by atoms with Gasteiger partial charge in [0.1, 0.15) is 0 Å². The first kappa shape index (κ1) is 19.5. The highest BCUT2D eigenvalue weighted by atomic mass is 16.5. The standard InChI is InChI=1S/C24H26N2O3/c1-17-19(9-10-22(25-17)29-2)7-5-18-6-8-20-15-26(13-3-4-23(27)28)16-24(11-12-24)21(20)14-18/h6,8-10,14H,3-4,11-13,15-16H2,1-2H3,(H,27,28). The van der Waals surface area contributed by atoms with Crippen molar-refractivity contribution in [1.29, 1.82) is 0 Å². The van der Waals surface area contributed by atoms with E-state index in [1.807, 2.05) is 19.1 Å². The molecule has 5 nitrogen and oxygen atoms in total. The Morgan fingerprint density at radius 2 is 2.10 bits per heavy atom. The number of ether oxygens (including phenoxy) is 1. The lowest BCUT2D eigenvalue weighted by Gasteiger charge is -2.35. The molecule has 1 saturated carbocycles. The van der Waals surface area contributed by atoms with Gasteiger partial charge in [0.15, 0.2) is 0 Å². The molecule has 1 aliphatic carbocycles. The summed E-state index contributed by atoms with van der Waals surface area (Å²) in [5.74, 6) is 6.44. The summed E-state index contributed by atoms with van der Waals surface area (Å²) in [6.45, 7) is 4.71. The number of aliphatic carboxylic acids is 1. The van der Waals surface area contributed by atoms with E-state index in [0.29, 0.717) is 12.3 Å². The zero-order valence-corrected chi connectivity index (χ0v) is 17.0. The molecule has 2 heterocycles. The van der Waals surface area contributed by atoms with Crippen molar-refractivity contribution in [3.63, 3.8) is 0 Å². The summed E-state index contributed by atoms with van der Waals surface area (Å²) in [6.07, 6.45) is 3.35. The summed E-state index contributed by atoms with van der Waals surface area (Å²) in [5, 5.41) is 8.88. The molecule has 0 amide bonds. The average molecular weight is 390 g/mol. The molecule has 2 aromatic rings. The molecule has 1 aromatic heterocycles. The van der Waals surface area contributed by atoms with Crippen LogP contribution in [0, 0.1) is 18.8 Å². The third-order valence-corrected chi connectivity index (χ3v) is 5.93. The average Bonchev–Trinajstić information content (AvgIpc) is 3.47. The van der Waals surface area contributed by atoms with Crippen LogP contribution in [0.25, 0.3) is 0 Å². The smallest absolute Gasteiger partial charge is 0.303 e. The summed E-state index contributed by atoms with van der Waals surface area (Å²) in [5.41, 5.74) is 5.84. The molecule has 29 heavy (non-hydrogen) atoms. The van der Waals surface area contributed by atoms with Crippen molar-refractivity contribution in [2.24, 2.45) is 0 Å². The maximum absolute atomic E-state index is 10.8. The summed E-state index contributed by atoms with van der Waals surface area (Å²) < 4.78 is 5.16. The predicted molar refractivity (Wildman–Crippen MR) is 111 cm³/mol. The molecular formula is C24H26N2O3. The van der Waals surface area contributed by atoms with Crippen molar-refractivity contribution >= 4 is 5.97 Å². The first-order valence-electron chi connectivity index (χ1n) is 10.1. The number of nitrogens with zero attached hydrogens (tertiary/aromatic N) is 2. The molecule has 150 valence electrons. The lowest BCUT2D eigenvalue weighted by molar-refractivity contribution is -0.137. The normalized spacial score (nSPS) is 16.6. The zero-order chi connectivity index (χ0) is 20.4. The molecule has 0 radical (unpaired) electrons. The Hall–Kier alpha value is -2.84. The number of rotatable bonds is 5. The molecule has 1 aliphatic heterocycles. The third kappa shape index (κ3) is 4.28. The molecule has 4 rings (SSSR count). The van der Waals surface area contributed by atoms with Crippen LogP contribution in [0.3, 0.4) is 0 Å². The number of carboxylic acid groups (broad SMARTS) is 1. The number of hydrogen-bond acceptors (Lipinski definition) is 4. The van der Waals surface area contributed by atoms with Crippen molar-refractivity contribution in [2.45, 2.75) is 44.6 Å². The van der Waals surface area contributed by atoms with Crippen molar-refractivity contribution in [2.75, 3.05) is 20.2 Å². The number of hydrogen-bond donors (Lipinski definition) is 1. The van der Waals surface area contributed by atoms with E-state index in [1.54, 1.807) is 7.11 Å². The summed E-state index contributed by atoms with van der Waals surface area (Å²) >= 11 is 0. The molecule has 2 aliphatic rings. The molecule has 0 bridgehead atoms. The van der Waals surface area contributed by atoms with Gasteiger partial charge in [-0.05, 0) is 62.1 Å². The second-order valence-electron chi connectivity index (χ2n) is 8.10. The van der Waals surface area contributed by atoms with Crippen molar-refractivity contribution in [1.82, 2.24) is 9.88 Å². The molecule has 1 fully saturated rings. The number of carboxylic acids is 1. The van der Waals surface area contributed by atoms with E-state index in [1.165, 1.54) is 24.0 Å². The van der Waals surface area contributed by atoms with E-state index in [2.05, 4.69) is 39.9 Å². The van der Waals surface area contributed by atoms with Crippen LogP contribution in [0.15, 0.2) is 30.3 Å². The monoisotopic (exact) mass is 390 g/mol. The maximum atomic E-state index is 10.8. The predicted octanol–water partition coefficient (Wildman–Crippen LogP) is 3.51. The number of aromatic nitrogens is 1. The summed E-state index contributed by atoms with van der Waals surface area (Å²) in [6, 6.07) is 10.3. The minimum Gasteiger partial charge on any atom is -0.481 e. The largest absolute Gasteiger partial charge is 0.481 e. The molecule has 5 heteroatoms. The van der Waals surface area contributed by atoms with Gasteiger partial charge in [-0.3, -0.25) is 9.69 Å². The van der Waals surface area contributed by atoms with E-state index < -0.39 is 5.97 Å². The Labute approximate surface area is 171 Å². The Balaban J connectivity index is 1.52. The highest BCUT2D eigenvalue weighted by molar-refractivity contribution is 5.66. The van der Waals surface area contributed by atoms with Gasteiger partial charge in [-0.1, -0.05) is 17.9 Å². The van der Waals surface area contributed by atoms with Crippen LogP contribution in [0.2, 0.25) is 0 Å². The van der Waals surface area contributed by atoms with Crippen LogP contribution in [0.1, 0.15) is 53.6 Å². The number of methoxy groups -OCH3 is 1. The highest BCUT2D eigenvalue weighted by Crippen LogP contribution is 2.52. The Bertz CT molecular complexity index is 999. The van der Waals surface area contributed by atoms with Gasteiger partial charge in [0, 0.05) is 42.1 Å². The Morgan fingerprint density at radius 3 is 2.79 bits per heavy atom. The topological polar surface area (TPSA) is 62.7 Å². The molecule has 0 saturated heterocycles. The van der Waals surface area contributed by atoms with Gasteiger partial charge in [0.2, 0.25) is 5.88 Å². The lowest BCUT2D eigenvalue weighted by atomic mass is 9.85. The van der Waals surface area contributed by atoms with E-state index in [4.69, 9.17) is 9.84 Å². The Kier molecular flexibility index (Phi) is 5.29.